The minimum absolute atomic E-state index is 0.0407. The molecule has 1 aromatic carbocycles. The molecule has 0 radical (unpaired) electrons. The second-order valence-corrected chi connectivity index (χ2v) is 3.49. The van der Waals surface area contributed by atoms with Crippen LogP contribution in [-0.4, -0.2) is 18.9 Å². The summed E-state index contributed by atoms with van der Waals surface area (Å²) in [7, 11) is 1.21. The van der Waals surface area contributed by atoms with Gasteiger partial charge in [0.05, 0.1) is 7.11 Å². The zero-order valence-corrected chi connectivity index (χ0v) is 9.48. The molecule has 1 aromatic heterocycles. The Kier molecular flexibility index (Phi) is 3.23. The van der Waals surface area contributed by atoms with Crippen LogP contribution in [0.15, 0.2) is 40.8 Å². The van der Waals surface area contributed by atoms with Crippen LogP contribution in [0.25, 0.3) is 0 Å². The molecule has 92 valence electrons. The summed E-state index contributed by atoms with van der Waals surface area (Å²) in [6, 6.07) is 7.90. The van der Waals surface area contributed by atoms with Crippen molar-refractivity contribution in [1.29, 1.82) is 0 Å². The van der Waals surface area contributed by atoms with Crippen molar-refractivity contribution in [2.75, 3.05) is 7.11 Å². The van der Waals surface area contributed by atoms with Crippen LogP contribution in [-0.2, 0) is 4.74 Å². The number of hydrogen-bond acceptors (Lipinski definition) is 4. The van der Waals surface area contributed by atoms with Crippen molar-refractivity contribution in [1.82, 2.24) is 0 Å². The SMILES string of the molecule is COC(=O)c1ccc(C(=O)c2cccc(F)c2)o1. The minimum atomic E-state index is -0.673. The lowest BCUT2D eigenvalue weighted by atomic mass is 10.1. The summed E-state index contributed by atoms with van der Waals surface area (Å²) in [5.74, 6) is -1.79. The number of ketones is 1. The Hall–Kier alpha value is -2.43. The molecule has 0 saturated heterocycles. The molecule has 0 spiro atoms. The van der Waals surface area contributed by atoms with Crippen molar-refractivity contribution in [2.24, 2.45) is 0 Å². The van der Waals surface area contributed by atoms with Crippen molar-refractivity contribution in [3.05, 3.63) is 59.3 Å². The molecule has 0 aliphatic rings. The molecule has 5 heteroatoms. The van der Waals surface area contributed by atoms with Gasteiger partial charge in [0, 0.05) is 5.56 Å². The van der Waals surface area contributed by atoms with E-state index in [0.29, 0.717) is 0 Å². The van der Waals surface area contributed by atoms with Crippen LogP contribution in [0.5, 0.6) is 0 Å². The van der Waals surface area contributed by atoms with E-state index in [1.165, 1.54) is 37.4 Å². The van der Waals surface area contributed by atoms with Crippen LogP contribution in [0.4, 0.5) is 4.39 Å². The van der Waals surface area contributed by atoms with Crippen LogP contribution >= 0.6 is 0 Å². The van der Waals surface area contributed by atoms with Crippen LogP contribution in [0.2, 0.25) is 0 Å². The van der Waals surface area contributed by atoms with Gasteiger partial charge in [0.2, 0.25) is 11.5 Å². The summed E-state index contributed by atoms with van der Waals surface area (Å²) in [5.41, 5.74) is 0.153. The van der Waals surface area contributed by atoms with E-state index in [9.17, 15) is 14.0 Å². The number of halogens is 1. The van der Waals surface area contributed by atoms with Crippen LogP contribution in [0.3, 0.4) is 0 Å². The smallest absolute Gasteiger partial charge is 0.373 e. The Balaban J connectivity index is 2.29. The molecule has 0 atom stereocenters. The molecule has 0 amide bonds. The number of benzene rings is 1. The predicted molar refractivity (Wildman–Crippen MR) is 59.9 cm³/mol. The first-order valence-electron chi connectivity index (χ1n) is 5.10. The number of hydrogen-bond donors (Lipinski definition) is 0. The van der Waals surface area contributed by atoms with Crippen molar-refractivity contribution in [2.45, 2.75) is 0 Å². The third kappa shape index (κ3) is 2.29. The number of methoxy groups -OCH3 is 1. The summed E-state index contributed by atoms with van der Waals surface area (Å²) in [6.45, 7) is 0. The average Bonchev–Trinajstić information content (AvgIpc) is 2.86. The number of carbonyl (C=O) groups excluding carboxylic acids is 2. The highest BCUT2D eigenvalue weighted by Crippen LogP contribution is 2.15. The average molecular weight is 248 g/mol. The van der Waals surface area contributed by atoms with E-state index in [1.54, 1.807) is 0 Å². The topological polar surface area (TPSA) is 56.5 Å². The number of ether oxygens (including phenoxy) is 1. The second kappa shape index (κ2) is 4.83. The van der Waals surface area contributed by atoms with Gasteiger partial charge in [-0.25, -0.2) is 9.18 Å². The fourth-order valence-electron chi connectivity index (χ4n) is 1.44. The molecule has 0 aliphatic carbocycles. The number of rotatable bonds is 3. The Bertz CT molecular complexity index is 601. The summed E-state index contributed by atoms with van der Waals surface area (Å²) >= 11 is 0. The van der Waals surface area contributed by atoms with Crippen LogP contribution in [0, 0.1) is 5.82 Å². The van der Waals surface area contributed by atoms with Gasteiger partial charge in [-0.15, -0.1) is 0 Å². The van der Waals surface area contributed by atoms with Gasteiger partial charge in [-0.2, -0.15) is 0 Å². The van der Waals surface area contributed by atoms with E-state index in [0.717, 1.165) is 6.07 Å². The highest BCUT2D eigenvalue weighted by molar-refractivity contribution is 6.07. The second-order valence-electron chi connectivity index (χ2n) is 3.49. The monoisotopic (exact) mass is 248 g/mol. The lowest BCUT2D eigenvalue weighted by Crippen LogP contribution is -2.01. The molecular weight excluding hydrogens is 239 g/mol. The van der Waals surface area contributed by atoms with Gasteiger partial charge >= 0.3 is 5.97 Å². The Labute approximate surface area is 102 Å². The van der Waals surface area contributed by atoms with Crippen LogP contribution in [0.1, 0.15) is 26.7 Å². The summed E-state index contributed by atoms with van der Waals surface area (Å²) < 4.78 is 22.5. The third-order valence-electron chi connectivity index (χ3n) is 2.30. The van der Waals surface area contributed by atoms with Gasteiger partial charge in [0.1, 0.15) is 5.82 Å². The van der Waals surface area contributed by atoms with E-state index in [4.69, 9.17) is 4.42 Å². The molecule has 1 heterocycles. The number of carbonyl (C=O) groups is 2. The molecule has 18 heavy (non-hydrogen) atoms. The molecule has 0 bridgehead atoms. The third-order valence-corrected chi connectivity index (χ3v) is 2.30. The molecular formula is C13H9FO4. The van der Waals surface area contributed by atoms with Crippen molar-refractivity contribution >= 4 is 11.8 Å². The van der Waals surface area contributed by atoms with E-state index in [2.05, 4.69) is 4.74 Å². The number of furan rings is 1. The van der Waals surface area contributed by atoms with Gasteiger partial charge < -0.3 is 9.15 Å². The normalized spacial score (nSPS) is 10.1. The fourth-order valence-corrected chi connectivity index (χ4v) is 1.44. The standard InChI is InChI=1S/C13H9FO4/c1-17-13(16)11-6-5-10(18-11)12(15)8-3-2-4-9(14)7-8/h2-7H,1H3. The highest BCUT2D eigenvalue weighted by atomic mass is 19.1. The van der Waals surface area contributed by atoms with Gasteiger partial charge in [0.15, 0.2) is 5.76 Å². The molecule has 0 aliphatic heterocycles. The quantitative estimate of drug-likeness (QED) is 0.618. The summed E-state index contributed by atoms with van der Waals surface area (Å²) in [6.07, 6.45) is 0. The zero-order valence-electron chi connectivity index (χ0n) is 9.48. The van der Waals surface area contributed by atoms with Gasteiger partial charge in [-0.05, 0) is 24.3 Å². The molecule has 4 nitrogen and oxygen atoms in total. The maximum absolute atomic E-state index is 13.0. The Morgan fingerprint density at radius 2 is 1.89 bits per heavy atom. The zero-order chi connectivity index (χ0) is 13.1. The lowest BCUT2D eigenvalue weighted by Gasteiger charge is -1.97. The highest BCUT2D eigenvalue weighted by Gasteiger charge is 2.17. The molecule has 0 saturated carbocycles. The van der Waals surface area contributed by atoms with E-state index >= 15 is 0 Å². The molecule has 2 aromatic rings. The molecule has 0 N–H and O–H groups in total. The first-order valence-corrected chi connectivity index (χ1v) is 5.10. The fraction of sp³-hybridized carbons (Fsp3) is 0.0769. The molecule has 2 rings (SSSR count). The predicted octanol–water partition coefficient (Wildman–Crippen LogP) is 2.44. The van der Waals surface area contributed by atoms with Gasteiger partial charge in [-0.1, -0.05) is 12.1 Å². The number of esters is 1. The largest absolute Gasteiger partial charge is 0.463 e. The van der Waals surface area contributed by atoms with Gasteiger partial charge in [-0.3, -0.25) is 4.79 Å². The maximum Gasteiger partial charge on any atom is 0.373 e. The Morgan fingerprint density at radius 1 is 1.17 bits per heavy atom. The first kappa shape index (κ1) is 12.0. The van der Waals surface area contributed by atoms with Crippen molar-refractivity contribution in [3.63, 3.8) is 0 Å². The minimum Gasteiger partial charge on any atom is -0.463 e. The van der Waals surface area contributed by atoms with E-state index in [-0.39, 0.29) is 17.1 Å². The lowest BCUT2D eigenvalue weighted by molar-refractivity contribution is 0.0563. The summed E-state index contributed by atoms with van der Waals surface area (Å²) in [4.78, 5) is 23.1. The summed E-state index contributed by atoms with van der Waals surface area (Å²) in [5, 5.41) is 0. The molecule has 0 unspecified atom stereocenters. The maximum atomic E-state index is 13.0. The molecule has 0 fully saturated rings. The van der Waals surface area contributed by atoms with Crippen molar-refractivity contribution < 1.29 is 23.1 Å². The van der Waals surface area contributed by atoms with E-state index in [1.807, 2.05) is 0 Å². The van der Waals surface area contributed by atoms with Crippen LogP contribution < -0.4 is 0 Å². The Morgan fingerprint density at radius 3 is 2.56 bits per heavy atom. The van der Waals surface area contributed by atoms with Crippen molar-refractivity contribution in [3.8, 4) is 0 Å². The first-order chi connectivity index (χ1) is 8.61. The van der Waals surface area contributed by atoms with Gasteiger partial charge in [0.25, 0.3) is 0 Å². The van der Waals surface area contributed by atoms with E-state index < -0.39 is 17.6 Å².